The number of nitrogens with zero attached hydrogens (tertiary/aromatic N) is 2. The predicted octanol–water partition coefficient (Wildman–Crippen LogP) is 1.92. The molecule has 7 heteroatoms. The van der Waals surface area contributed by atoms with Crippen LogP contribution in [-0.2, 0) is 0 Å². The molecule has 0 spiro atoms. The predicted molar refractivity (Wildman–Crippen MR) is 71.2 cm³/mol. The minimum absolute atomic E-state index is 0.0392. The molecule has 0 saturated heterocycles. The van der Waals surface area contributed by atoms with Crippen LogP contribution in [0, 0.1) is 10.1 Å². The number of aliphatic hydroxyl groups is 2. The maximum absolute atomic E-state index is 11.0. The summed E-state index contributed by atoms with van der Waals surface area (Å²) in [4.78, 5) is 12.7. The molecule has 0 aliphatic rings. The van der Waals surface area contributed by atoms with Crippen molar-refractivity contribution in [1.82, 2.24) is 0 Å². The van der Waals surface area contributed by atoms with Crippen LogP contribution in [0.15, 0.2) is 6.07 Å². The van der Waals surface area contributed by atoms with Gasteiger partial charge in [-0.05, 0) is 20.8 Å². The average Bonchev–Trinajstić information content (AvgIpc) is 2.58. The van der Waals surface area contributed by atoms with Gasteiger partial charge in [-0.3, -0.25) is 10.1 Å². The summed E-state index contributed by atoms with van der Waals surface area (Å²) in [5.74, 6) is 0. The number of likely N-dealkylation sites (N-methyl/N-ethyl adjacent to an activating group) is 1. The lowest BCUT2D eigenvalue weighted by atomic mass is 10.1. The molecule has 1 rings (SSSR count). The Hall–Kier alpha value is -1.18. The number of nitro groups is 1. The third kappa shape index (κ3) is 3.66. The summed E-state index contributed by atoms with van der Waals surface area (Å²) in [5, 5.41) is 30.6. The normalized spacial score (nSPS) is 13.4. The lowest BCUT2D eigenvalue weighted by molar-refractivity contribution is -0.383. The molecular formula is C11H18N2O4S. The van der Waals surface area contributed by atoms with E-state index >= 15 is 0 Å². The number of anilines is 1. The lowest BCUT2D eigenvalue weighted by Gasteiger charge is -2.25. The first kappa shape index (κ1) is 14.9. The van der Waals surface area contributed by atoms with Gasteiger partial charge < -0.3 is 15.1 Å². The van der Waals surface area contributed by atoms with Gasteiger partial charge in [0, 0.05) is 24.5 Å². The van der Waals surface area contributed by atoms with Gasteiger partial charge >= 0.3 is 5.69 Å². The van der Waals surface area contributed by atoms with Crippen LogP contribution in [0.2, 0.25) is 0 Å². The summed E-state index contributed by atoms with van der Waals surface area (Å²) in [6, 6.07) is 1.38. The van der Waals surface area contributed by atoms with Crippen LogP contribution in [0.5, 0.6) is 0 Å². The largest absolute Gasteiger partial charge is 0.389 e. The standard InChI is InChI=1S/C11H18N2O4S/c1-7(14)9-5-8(13(16)17)10(18-9)12(4)6-11(2,3)15/h5,7,14-15H,6H2,1-4H3/t7-/m0/s1. The van der Waals surface area contributed by atoms with Crippen molar-refractivity contribution < 1.29 is 15.1 Å². The third-order valence-corrected chi connectivity index (χ3v) is 3.70. The quantitative estimate of drug-likeness (QED) is 0.632. The van der Waals surface area contributed by atoms with Gasteiger partial charge in [-0.2, -0.15) is 0 Å². The van der Waals surface area contributed by atoms with Gasteiger partial charge in [-0.15, -0.1) is 11.3 Å². The van der Waals surface area contributed by atoms with E-state index in [9.17, 15) is 20.3 Å². The molecule has 1 heterocycles. The first-order chi connectivity index (χ1) is 8.11. The second kappa shape index (κ2) is 5.21. The smallest absolute Gasteiger partial charge is 0.304 e. The van der Waals surface area contributed by atoms with Crippen molar-refractivity contribution in [2.45, 2.75) is 32.5 Å². The molecule has 1 atom stereocenters. The first-order valence-electron chi connectivity index (χ1n) is 5.51. The number of hydrogen-bond acceptors (Lipinski definition) is 6. The molecule has 0 aliphatic carbocycles. The maximum Gasteiger partial charge on any atom is 0.304 e. The second-order valence-electron chi connectivity index (χ2n) is 4.94. The maximum atomic E-state index is 11.0. The molecule has 1 aromatic rings. The summed E-state index contributed by atoms with van der Waals surface area (Å²) < 4.78 is 0. The van der Waals surface area contributed by atoms with E-state index in [-0.39, 0.29) is 12.2 Å². The Morgan fingerprint density at radius 2 is 2.17 bits per heavy atom. The van der Waals surface area contributed by atoms with Crippen molar-refractivity contribution in [1.29, 1.82) is 0 Å². The van der Waals surface area contributed by atoms with Gasteiger partial charge in [-0.1, -0.05) is 0 Å². The molecule has 18 heavy (non-hydrogen) atoms. The molecule has 0 bridgehead atoms. The number of rotatable bonds is 5. The van der Waals surface area contributed by atoms with Crippen molar-refractivity contribution in [3.05, 3.63) is 21.1 Å². The molecule has 2 N–H and O–H groups in total. The van der Waals surface area contributed by atoms with E-state index in [0.717, 1.165) is 0 Å². The SMILES string of the molecule is C[C@H](O)c1cc([N+](=O)[O-])c(N(C)CC(C)(C)O)s1. The van der Waals surface area contributed by atoms with Crippen LogP contribution < -0.4 is 4.90 Å². The van der Waals surface area contributed by atoms with Gasteiger partial charge in [0.05, 0.1) is 16.6 Å². The number of thiophene rings is 1. The molecule has 0 saturated carbocycles. The highest BCUT2D eigenvalue weighted by atomic mass is 32.1. The van der Waals surface area contributed by atoms with Crippen molar-refractivity contribution in [3.63, 3.8) is 0 Å². The summed E-state index contributed by atoms with van der Waals surface area (Å²) in [5.41, 5.74) is -0.986. The van der Waals surface area contributed by atoms with Crippen LogP contribution in [-0.4, -0.2) is 34.3 Å². The zero-order valence-electron chi connectivity index (χ0n) is 10.9. The Bertz CT molecular complexity index is 437. The fourth-order valence-electron chi connectivity index (χ4n) is 1.65. The molecular weight excluding hydrogens is 256 g/mol. The molecule has 6 nitrogen and oxygen atoms in total. The number of hydrogen-bond donors (Lipinski definition) is 2. The average molecular weight is 274 g/mol. The van der Waals surface area contributed by atoms with Gasteiger partial charge in [-0.25, -0.2) is 0 Å². The summed E-state index contributed by atoms with van der Waals surface area (Å²) in [6.07, 6.45) is -0.738. The Kier molecular flexibility index (Phi) is 4.31. The van der Waals surface area contributed by atoms with Crippen LogP contribution in [0.1, 0.15) is 31.8 Å². The molecule has 0 amide bonds. The minimum Gasteiger partial charge on any atom is -0.389 e. The zero-order valence-corrected chi connectivity index (χ0v) is 11.7. The van der Waals surface area contributed by atoms with Crippen LogP contribution in [0.25, 0.3) is 0 Å². The fourth-order valence-corrected chi connectivity index (χ4v) is 2.68. The second-order valence-corrected chi connectivity index (χ2v) is 6.00. The van der Waals surface area contributed by atoms with E-state index in [4.69, 9.17) is 0 Å². The van der Waals surface area contributed by atoms with Gasteiger partial charge in [0.15, 0.2) is 5.00 Å². The highest BCUT2D eigenvalue weighted by Gasteiger charge is 2.26. The van der Waals surface area contributed by atoms with E-state index in [1.807, 2.05) is 0 Å². The van der Waals surface area contributed by atoms with Crippen molar-refractivity contribution in [2.75, 3.05) is 18.5 Å². The summed E-state index contributed by atoms with van der Waals surface area (Å²) in [7, 11) is 1.68. The monoisotopic (exact) mass is 274 g/mol. The number of aliphatic hydroxyl groups excluding tert-OH is 1. The molecule has 0 aromatic carbocycles. The summed E-state index contributed by atoms with van der Waals surface area (Å²) in [6.45, 7) is 5.11. The van der Waals surface area contributed by atoms with Gasteiger partial charge in [0.25, 0.3) is 0 Å². The minimum atomic E-state index is -0.947. The molecule has 0 radical (unpaired) electrons. The van der Waals surface area contributed by atoms with E-state index < -0.39 is 16.6 Å². The van der Waals surface area contributed by atoms with Gasteiger partial charge in [0.1, 0.15) is 0 Å². The van der Waals surface area contributed by atoms with Crippen LogP contribution >= 0.6 is 11.3 Å². The van der Waals surface area contributed by atoms with E-state index in [1.54, 1.807) is 32.7 Å². The zero-order chi connectivity index (χ0) is 14.1. The van der Waals surface area contributed by atoms with E-state index in [1.165, 1.54) is 17.4 Å². The van der Waals surface area contributed by atoms with Crippen molar-refractivity contribution in [2.24, 2.45) is 0 Å². The van der Waals surface area contributed by atoms with E-state index in [2.05, 4.69) is 0 Å². The van der Waals surface area contributed by atoms with Crippen molar-refractivity contribution in [3.8, 4) is 0 Å². The van der Waals surface area contributed by atoms with Crippen molar-refractivity contribution >= 4 is 22.0 Å². The Morgan fingerprint density at radius 1 is 1.61 bits per heavy atom. The third-order valence-electron chi connectivity index (χ3n) is 2.29. The van der Waals surface area contributed by atoms with E-state index in [0.29, 0.717) is 9.88 Å². The Morgan fingerprint density at radius 3 is 2.56 bits per heavy atom. The highest BCUT2D eigenvalue weighted by Crippen LogP contribution is 2.39. The van der Waals surface area contributed by atoms with Gasteiger partial charge in [0.2, 0.25) is 0 Å². The first-order valence-corrected chi connectivity index (χ1v) is 6.33. The highest BCUT2D eigenvalue weighted by molar-refractivity contribution is 7.16. The molecule has 0 aliphatic heterocycles. The fraction of sp³-hybridized carbons (Fsp3) is 0.636. The summed E-state index contributed by atoms with van der Waals surface area (Å²) >= 11 is 1.17. The molecule has 0 unspecified atom stereocenters. The Labute approximate surface area is 110 Å². The van der Waals surface area contributed by atoms with Crippen LogP contribution in [0.4, 0.5) is 10.7 Å². The molecule has 1 aromatic heterocycles. The topological polar surface area (TPSA) is 86.8 Å². The molecule has 102 valence electrons. The lowest BCUT2D eigenvalue weighted by Crippen LogP contribution is -2.36. The molecule has 0 fully saturated rings. The Balaban J connectivity index is 3.10. The van der Waals surface area contributed by atoms with Crippen LogP contribution in [0.3, 0.4) is 0 Å².